The van der Waals surface area contributed by atoms with Crippen LogP contribution < -0.4 is 5.32 Å². The number of imide groups is 1. The number of nitrogens with one attached hydrogen (secondary N) is 1. The summed E-state index contributed by atoms with van der Waals surface area (Å²) in [6, 6.07) is 3.50. The minimum Gasteiger partial charge on any atom is -0.465 e. The molecule has 0 aliphatic carbocycles. The quantitative estimate of drug-likeness (QED) is 0.646. The average Bonchev–Trinajstić information content (AvgIpc) is 3.25. The van der Waals surface area contributed by atoms with Gasteiger partial charge < -0.3 is 4.74 Å². The molecule has 0 unspecified atom stereocenters. The Labute approximate surface area is 145 Å². The maximum absolute atomic E-state index is 12.9. The van der Waals surface area contributed by atoms with E-state index in [9.17, 15) is 14.4 Å². The van der Waals surface area contributed by atoms with Crippen molar-refractivity contribution in [3.8, 4) is 0 Å². The molecule has 2 saturated heterocycles. The van der Waals surface area contributed by atoms with Crippen molar-refractivity contribution in [2.75, 3.05) is 13.2 Å². The van der Waals surface area contributed by atoms with E-state index in [2.05, 4.69) is 5.32 Å². The van der Waals surface area contributed by atoms with Gasteiger partial charge in [-0.1, -0.05) is 13.0 Å². The van der Waals surface area contributed by atoms with Crippen LogP contribution in [0.1, 0.15) is 38.1 Å². The maximum Gasteiger partial charge on any atom is 0.327 e. The fourth-order valence-electron chi connectivity index (χ4n) is 4.00. The van der Waals surface area contributed by atoms with Crippen LogP contribution in [-0.4, -0.2) is 41.4 Å². The highest BCUT2D eigenvalue weighted by Crippen LogP contribution is 2.50. The van der Waals surface area contributed by atoms with E-state index in [1.807, 2.05) is 24.4 Å². The van der Waals surface area contributed by atoms with E-state index in [4.69, 9.17) is 4.74 Å². The smallest absolute Gasteiger partial charge is 0.327 e. The number of amides is 2. The van der Waals surface area contributed by atoms with Crippen LogP contribution in [0, 0.1) is 11.8 Å². The minimum absolute atomic E-state index is 0.196. The normalized spacial score (nSPS) is 32.3. The number of likely N-dealkylation sites (tertiary alicyclic amines) is 1. The molecule has 2 fully saturated rings. The first-order valence-electron chi connectivity index (χ1n) is 8.35. The van der Waals surface area contributed by atoms with Gasteiger partial charge in [0, 0.05) is 11.4 Å². The van der Waals surface area contributed by atoms with Crippen LogP contribution in [0.15, 0.2) is 17.5 Å². The molecule has 6 nitrogen and oxygen atoms in total. The first kappa shape index (κ1) is 17.1. The number of carbonyl (C=O) groups excluding carboxylic acids is 3. The van der Waals surface area contributed by atoms with Crippen molar-refractivity contribution in [3.63, 3.8) is 0 Å². The summed E-state index contributed by atoms with van der Waals surface area (Å²) in [5, 5.41) is 5.25. The summed E-state index contributed by atoms with van der Waals surface area (Å²) < 4.78 is 5.27. The Hall–Kier alpha value is -1.73. The van der Waals surface area contributed by atoms with E-state index in [-0.39, 0.29) is 24.5 Å². The Balaban J connectivity index is 2.10. The molecule has 0 bridgehead atoms. The second kappa shape index (κ2) is 6.29. The number of carbonyl (C=O) groups is 3. The van der Waals surface area contributed by atoms with Gasteiger partial charge in [0.1, 0.15) is 5.54 Å². The summed E-state index contributed by atoms with van der Waals surface area (Å²) in [4.78, 5) is 40.7. The first-order valence-corrected chi connectivity index (χ1v) is 9.23. The summed E-state index contributed by atoms with van der Waals surface area (Å²) in [5.74, 6) is -2.17. The molecule has 1 N–H and O–H groups in total. The van der Waals surface area contributed by atoms with Gasteiger partial charge in [0.2, 0.25) is 11.8 Å². The summed E-state index contributed by atoms with van der Waals surface area (Å²) >= 11 is 1.52. The Bertz CT molecular complexity index is 660. The third-order valence-corrected chi connectivity index (χ3v) is 6.06. The van der Waals surface area contributed by atoms with Gasteiger partial charge in [-0.05, 0) is 31.7 Å². The SMILES string of the molecule is CCOC(=O)[C@@]1(CC)N[C@@H](c2cccs2)[C@H]2C(=O)N(CC)C(=O)[C@@H]21. The summed E-state index contributed by atoms with van der Waals surface area (Å²) in [5.41, 5.74) is -1.15. The highest BCUT2D eigenvalue weighted by Gasteiger charge is 2.68. The molecular formula is C17H22N2O4S. The van der Waals surface area contributed by atoms with Crippen molar-refractivity contribution in [1.29, 1.82) is 0 Å². The zero-order valence-electron chi connectivity index (χ0n) is 14.1. The van der Waals surface area contributed by atoms with Gasteiger partial charge in [-0.15, -0.1) is 11.3 Å². The predicted octanol–water partition coefficient (Wildman–Crippen LogP) is 1.73. The molecule has 0 aromatic carbocycles. The Morgan fingerprint density at radius 2 is 2.08 bits per heavy atom. The highest BCUT2D eigenvalue weighted by atomic mass is 32.1. The molecule has 0 saturated carbocycles. The molecule has 3 heterocycles. The minimum atomic E-state index is -1.15. The Morgan fingerprint density at radius 1 is 1.33 bits per heavy atom. The highest BCUT2D eigenvalue weighted by molar-refractivity contribution is 7.10. The van der Waals surface area contributed by atoms with Crippen LogP contribution >= 0.6 is 11.3 Å². The zero-order valence-corrected chi connectivity index (χ0v) is 14.9. The second-order valence-corrected chi connectivity index (χ2v) is 7.09. The fraction of sp³-hybridized carbons (Fsp3) is 0.588. The molecule has 7 heteroatoms. The number of ether oxygens (including phenoxy) is 1. The van der Waals surface area contributed by atoms with Crippen molar-refractivity contribution in [3.05, 3.63) is 22.4 Å². The molecular weight excluding hydrogens is 328 g/mol. The lowest BCUT2D eigenvalue weighted by atomic mass is 9.78. The molecule has 0 spiro atoms. The van der Waals surface area contributed by atoms with Crippen molar-refractivity contribution >= 4 is 29.1 Å². The molecule has 2 aliphatic rings. The van der Waals surface area contributed by atoms with Crippen molar-refractivity contribution in [2.24, 2.45) is 11.8 Å². The summed E-state index contributed by atoms with van der Waals surface area (Å²) in [7, 11) is 0. The first-order chi connectivity index (χ1) is 11.5. The second-order valence-electron chi connectivity index (χ2n) is 6.11. The lowest BCUT2D eigenvalue weighted by Crippen LogP contribution is -2.56. The molecule has 1 aromatic rings. The standard InChI is InChI=1S/C17H22N2O4S/c1-4-17(16(22)23-6-3)12-11(14(20)19(5-2)15(12)21)13(18-17)10-8-7-9-24-10/h7-9,11-13,18H,4-6H2,1-3H3/t11-,12+,13-,17-/m0/s1. The largest absolute Gasteiger partial charge is 0.465 e. The molecule has 1 aromatic heterocycles. The van der Waals surface area contributed by atoms with Crippen LogP contribution in [0.25, 0.3) is 0 Å². The number of thiophene rings is 1. The molecule has 130 valence electrons. The van der Waals surface area contributed by atoms with Crippen LogP contribution in [0.3, 0.4) is 0 Å². The molecule has 24 heavy (non-hydrogen) atoms. The molecule has 2 aliphatic heterocycles. The topological polar surface area (TPSA) is 75.7 Å². The predicted molar refractivity (Wildman–Crippen MR) is 89.2 cm³/mol. The van der Waals surface area contributed by atoms with E-state index >= 15 is 0 Å². The zero-order chi connectivity index (χ0) is 17.5. The molecule has 2 amide bonds. The third-order valence-electron chi connectivity index (χ3n) is 5.11. The van der Waals surface area contributed by atoms with E-state index < -0.39 is 23.3 Å². The van der Waals surface area contributed by atoms with E-state index in [0.717, 1.165) is 4.88 Å². The number of hydrogen-bond donors (Lipinski definition) is 1. The van der Waals surface area contributed by atoms with Crippen molar-refractivity contribution in [2.45, 2.75) is 38.8 Å². The molecule has 0 radical (unpaired) electrons. The maximum atomic E-state index is 12.9. The van der Waals surface area contributed by atoms with Crippen LogP contribution in [0.4, 0.5) is 0 Å². The van der Waals surface area contributed by atoms with Crippen molar-refractivity contribution in [1.82, 2.24) is 10.2 Å². The van der Waals surface area contributed by atoms with Gasteiger partial charge in [0.05, 0.1) is 24.5 Å². The van der Waals surface area contributed by atoms with Gasteiger partial charge in [-0.3, -0.25) is 24.6 Å². The summed E-state index contributed by atoms with van der Waals surface area (Å²) in [6.07, 6.45) is 0.394. The number of rotatable bonds is 5. The molecule has 4 atom stereocenters. The van der Waals surface area contributed by atoms with Crippen molar-refractivity contribution < 1.29 is 19.1 Å². The summed E-state index contributed by atoms with van der Waals surface area (Å²) in [6.45, 7) is 5.93. The third kappa shape index (κ3) is 2.22. The van der Waals surface area contributed by atoms with Gasteiger partial charge >= 0.3 is 5.97 Å². The average molecular weight is 350 g/mol. The van der Waals surface area contributed by atoms with Gasteiger partial charge in [0.25, 0.3) is 0 Å². The van der Waals surface area contributed by atoms with Gasteiger partial charge in [0.15, 0.2) is 0 Å². The van der Waals surface area contributed by atoms with Gasteiger partial charge in [-0.2, -0.15) is 0 Å². The van der Waals surface area contributed by atoms with Crippen LogP contribution in [0.2, 0.25) is 0 Å². The monoisotopic (exact) mass is 350 g/mol. The number of esters is 1. The molecule has 3 rings (SSSR count). The van der Waals surface area contributed by atoms with E-state index in [1.54, 1.807) is 13.8 Å². The number of fused-ring (bicyclic) bond motifs is 1. The van der Waals surface area contributed by atoms with Crippen LogP contribution in [-0.2, 0) is 19.1 Å². The van der Waals surface area contributed by atoms with Gasteiger partial charge in [-0.25, -0.2) is 0 Å². The lowest BCUT2D eigenvalue weighted by Gasteiger charge is -2.31. The lowest BCUT2D eigenvalue weighted by molar-refractivity contribution is -0.156. The number of nitrogens with zero attached hydrogens (tertiary/aromatic N) is 1. The number of hydrogen-bond acceptors (Lipinski definition) is 6. The van der Waals surface area contributed by atoms with Crippen LogP contribution in [0.5, 0.6) is 0 Å². The Morgan fingerprint density at radius 3 is 2.62 bits per heavy atom. The Kier molecular flexibility index (Phi) is 4.48. The van der Waals surface area contributed by atoms with E-state index in [0.29, 0.717) is 13.0 Å². The van der Waals surface area contributed by atoms with E-state index in [1.165, 1.54) is 16.2 Å². The fourth-order valence-corrected chi connectivity index (χ4v) is 4.83.